The normalized spacial score (nSPS) is 11.4. The second-order valence-electron chi connectivity index (χ2n) is 3.38. The highest BCUT2D eigenvalue weighted by atomic mass is 14.8. The van der Waals surface area contributed by atoms with Gasteiger partial charge in [0.05, 0.1) is 11.4 Å². The van der Waals surface area contributed by atoms with E-state index in [1.54, 1.807) is 13.2 Å². The molecule has 80 valence electrons. The number of rotatable bonds is 2. The molecule has 0 amide bonds. The monoisotopic (exact) mass is 211 g/mol. The molecule has 1 heterocycles. The van der Waals surface area contributed by atoms with Crippen molar-refractivity contribution >= 4 is 11.4 Å². The maximum atomic E-state index is 5.89. The SMILES string of the molecule is CN=C(c1ccccc1)c1ncccc1N. The van der Waals surface area contributed by atoms with Crippen molar-refractivity contribution in [1.29, 1.82) is 0 Å². The average Bonchev–Trinajstić information content (AvgIpc) is 2.34. The highest BCUT2D eigenvalue weighted by Gasteiger charge is 2.09. The van der Waals surface area contributed by atoms with Gasteiger partial charge in [-0.25, -0.2) is 0 Å². The van der Waals surface area contributed by atoms with Gasteiger partial charge >= 0.3 is 0 Å². The first-order valence-corrected chi connectivity index (χ1v) is 5.06. The minimum Gasteiger partial charge on any atom is -0.397 e. The van der Waals surface area contributed by atoms with E-state index in [1.807, 2.05) is 42.5 Å². The Kier molecular flexibility index (Phi) is 2.96. The van der Waals surface area contributed by atoms with Crippen LogP contribution in [0.15, 0.2) is 53.7 Å². The Morgan fingerprint density at radius 2 is 1.88 bits per heavy atom. The van der Waals surface area contributed by atoms with Crippen LogP contribution in [0.25, 0.3) is 0 Å². The van der Waals surface area contributed by atoms with Crippen LogP contribution in [0.4, 0.5) is 5.69 Å². The van der Waals surface area contributed by atoms with Crippen LogP contribution in [-0.4, -0.2) is 17.7 Å². The second-order valence-corrected chi connectivity index (χ2v) is 3.38. The van der Waals surface area contributed by atoms with Gasteiger partial charge in [0.2, 0.25) is 0 Å². The van der Waals surface area contributed by atoms with Crippen molar-refractivity contribution in [2.75, 3.05) is 12.8 Å². The second kappa shape index (κ2) is 4.57. The number of pyridine rings is 1. The molecule has 3 nitrogen and oxygen atoms in total. The third-order valence-electron chi connectivity index (χ3n) is 2.33. The first kappa shape index (κ1) is 10.4. The Bertz CT molecular complexity index is 504. The minimum atomic E-state index is 0.645. The third kappa shape index (κ3) is 1.93. The molecule has 0 spiro atoms. The summed E-state index contributed by atoms with van der Waals surface area (Å²) < 4.78 is 0. The van der Waals surface area contributed by atoms with Gasteiger partial charge in [-0.2, -0.15) is 0 Å². The van der Waals surface area contributed by atoms with Crippen molar-refractivity contribution in [3.05, 3.63) is 59.9 Å². The van der Waals surface area contributed by atoms with Crippen molar-refractivity contribution in [3.8, 4) is 0 Å². The Morgan fingerprint density at radius 1 is 1.12 bits per heavy atom. The van der Waals surface area contributed by atoms with Crippen LogP contribution in [0.2, 0.25) is 0 Å². The number of hydrogen-bond donors (Lipinski definition) is 1. The molecule has 16 heavy (non-hydrogen) atoms. The highest BCUT2D eigenvalue weighted by Crippen LogP contribution is 2.14. The molecule has 2 aromatic rings. The molecule has 0 fully saturated rings. The quantitative estimate of drug-likeness (QED) is 0.774. The van der Waals surface area contributed by atoms with E-state index in [9.17, 15) is 0 Å². The molecule has 0 atom stereocenters. The van der Waals surface area contributed by atoms with Crippen LogP contribution in [0.1, 0.15) is 11.3 Å². The fourth-order valence-electron chi connectivity index (χ4n) is 1.58. The fourth-order valence-corrected chi connectivity index (χ4v) is 1.58. The number of nitrogens with zero attached hydrogens (tertiary/aromatic N) is 2. The summed E-state index contributed by atoms with van der Waals surface area (Å²) in [4.78, 5) is 8.53. The van der Waals surface area contributed by atoms with E-state index in [1.165, 1.54) is 0 Å². The lowest BCUT2D eigenvalue weighted by Crippen LogP contribution is -2.08. The standard InChI is InChI=1S/C13H13N3/c1-15-12(10-6-3-2-4-7-10)13-11(14)8-5-9-16-13/h2-9H,14H2,1H3. The van der Waals surface area contributed by atoms with Crippen molar-refractivity contribution < 1.29 is 0 Å². The van der Waals surface area contributed by atoms with Gasteiger partial charge in [0.15, 0.2) is 0 Å². The topological polar surface area (TPSA) is 51.3 Å². The van der Waals surface area contributed by atoms with Crippen molar-refractivity contribution in [2.45, 2.75) is 0 Å². The Morgan fingerprint density at radius 3 is 2.50 bits per heavy atom. The molecule has 0 radical (unpaired) electrons. The smallest absolute Gasteiger partial charge is 0.112 e. The number of benzene rings is 1. The van der Waals surface area contributed by atoms with E-state index in [0.717, 1.165) is 17.0 Å². The van der Waals surface area contributed by atoms with Gasteiger partial charge < -0.3 is 5.73 Å². The van der Waals surface area contributed by atoms with E-state index in [-0.39, 0.29) is 0 Å². The highest BCUT2D eigenvalue weighted by molar-refractivity contribution is 6.14. The summed E-state index contributed by atoms with van der Waals surface area (Å²) >= 11 is 0. The molecule has 1 aromatic heterocycles. The molecule has 0 saturated carbocycles. The number of nitrogens with two attached hydrogens (primary N) is 1. The molecule has 3 heteroatoms. The Hall–Kier alpha value is -2.16. The lowest BCUT2D eigenvalue weighted by atomic mass is 10.1. The van der Waals surface area contributed by atoms with Crippen LogP contribution >= 0.6 is 0 Å². The summed E-state index contributed by atoms with van der Waals surface area (Å²) in [5.74, 6) is 0. The van der Waals surface area contributed by atoms with Crippen molar-refractivity contribution in [2.24, 2.45) is 4.99 Å². The molecule has 0 aliphatic carbocycles. The Labute approximate surface area is 94.7 Å². The zero-order valence-electron chi connectivity index (χ0n) is 9.09. The average molecular weight is 211 g/mol. The van der Waals surface area contributed by atoms with Crippen LogP contribution in [-0.2, 0) is 0 Å². The molecule has 2 N–H and O–H groups in total. The van der Waals surface area contributed by atoms with Gasteiger partial charge in [0, 0.05) is 18.8 Å². The van der Waals surface area contributed by atoms with Gasteiger partial charge in [-0.1, -0.05) is 30.3 Å². The van der Waals surface area contributed by atoms with E-state index in [0.29, 0.717) is 5.69 Å². The number of hydrogen-bond acceptors (Lipinski definition) is 3. The van der Waals surface area contributed by atoms with E-state index in [2.05, 4.69) is 9.98 Å². The van der Waals surface area contributed by atoms with E-state index < -0.39 is 0 Å². The maximum absolute atomic E-state index is 5.89. The summed E-state index contributed by atoms with van der Waals surface area (Å²) in [6, 6.07) is 13.6. The molecule has 2 rings (SSSR count). The number of anilines is 1. The van der Waals surface area contributed by atoms with Crippen LogP contribution in [0.3, 0.4) is 0 Å². The van der Waals surface area contributed by atoms with Crippen LogP contribution < -0.4 is 5.73 Å². The van der Waals surface area contributed by atoms with E-state index in [4.69, 9.17) is 5.73 Å². The number of aromatic nitrogens is 1. The van der Waals surface area contributed by atoms with Crippen molar-refractivity contribution in [1.82, 2.24) is 4.98 Å². The fraction of sp³-hybridized carbons (Fsp3) is 0.0769. The molecule has 0 bridgehead atoms. The number of nitrogen functional groups attached to an aromatic ring is 1. The molecule has 0 aliphatic rings. The van der Waals surface area contributed by atoms with Gasteiger partial charge in [0.25, 0.3) is 0 Å². The largest absolute Gasteiger partial charge is 0.397 e. The zero-order chi connectivity index (χ0) is 11.4. The van der Waals surface area contributed by atoms with E-state index >= 15 is 0 Å². The van der Waals surface area contributed by atoms with Crippen LogP contribution in [0.5, 0.6) is 0 Å². The summed E-state index contributed by atoms with van der Waals surface area (Å²) in [6.07, 6.45) is 1.72. The molecule has 0 saturated heterocycles. The molecular weight excluding hydrogens is 198 g/mol. The van der Waals surface area contributed by atoms with Crippen molar-refractivity contribution in [3.63, 3.8) is 0 Å². The first-order valence-electron chi connectivity index (χ1n) is 5.06. The van der Waals surface area contributed by atoms with Gasteiger partial charge in [-0.3, -0.25) is 9.98 Å². The predicted octanol–water partition coefficient (Wildman–Crippen LogP) is 2.13. The zero-order valence-corrected chi connectivity index (χ0v) is 9.09. The minimum absolute atomic E-state index is 0.645. The first-order chi connectivity index (χ1) is 7.83. The Balaban J connectivity index is 2.51. The summed E-state index contributed by atoms with van der Waals surface area (Å²) in [7, 11) is 1.75. The summed E-state index contributed by atoms with van der Waals surface area (Å²) in [6.45, 7) is 0. The van der Waals surface area contributed by atoms with Gasteiger partial charge in [-0.05, 0) is 12.1 Å². The molecular formula is C13H13N3. The van der Waals surface area contributed by atoms with Gasteiger partial charge in [-0.15, -0.1) is 0 Å². The van der Waals surface area contributed by atoms with Crippen LogP contribution in [0, 0.1) is 0 Å². The van der Waals surface area contributed by atoms with Gasteiger partial charge in [0.1, 0.15) is 5.69 Å². The predicted molar refractivity (Wildman–Crippen MR) is 66.7 cm³/mol. The lowest BCUT2D eigenvalue weighted by Gasteiger charge is -2.07. The molecule has 1 aromatic carbocycles. The summed E-state index contributed by atoms with van der Waals surface area (Å²) in [5, 5.41) is 0. The maximum Gasteiger partial charge on any atom is 0.112 e. The lowest BCUT2D eigenvalue weighted by molar-refractivity contribution is 1.27. The molecule has 0 unspecified atom stereocenters. The summed E-state index contributed by atoms with van der Waals surface area (Å²) in [5.41, 5.74) is 9.11. The third-order valence-corrected chi connectivity index (χ3v) is 2.33. The molecule has 0 aliphatic heterocycles. The number of aliphatic imine (C=N–C) groups is 1.